The number of hydrogen-bond donors (Lipinski definition) is 1. The molecule has 1 aromatic carbocycles. The number of aromatic nitrogens is 2. The van der Waals surface area contributed by atoms with Crippen LogP contribution in [0.2, 0.25) is 0 Å². The molecular weight excluding hydrogens is 334 g/mol. The third kappa shape index (κ3) is 3.22. The standard InChI is InChI=1S/C15H15N3O3S2/c1-18-15(10-13(16-18)14-4-3-9-22-14)17-23(19,20)12-7-5-11(21-2)6-8-12/h3-10,17H,1-2H3. The van der Waals surface area contributed by atoms with E-state index in [1.807, 2.05) is 17.5 Å². The van der Waals surface area contributed by atoms with Crippen molar-refractivity contribution in [2.75, 3.05) is 11.8 Å². The second kappa shape index (κ2) is 6.05. The highest BCUT2D eigenvalue weighted by Gasteiger charge is 2.17. The molecule has 2 aromatic heterocycles. The zero-order valence-electron chi connectivity index (χ0n) is 12.6. The topological polar surface area (TPSA) is 73.2 Å². The van der Waals surface area contributed by atoms with E-state index in [1.165, 1.54) is 23.9 Å². The predicted molar refractivity (Wildman–Crippen MR) is 90.3 cm³/mol. The second-order valence-electron chi connectivity index (χ2n) is 4.80. The van der Waals surface area contributed by atoms with Crippen LogP contribution in [0.25, 0.3) is 10.6 Å². The van der Waals surface area contributed by atoms with Gasteiger partial charge in [0.25, 0.3) is 10.0 Å². The van der Waals surface area contributed by atoms with Gasteiger partial charge in [0, 0.05) is 13.1 Å². The van der Waals surface area contributed by atoms with E-state index < -0.39 is 10.0 Å². The van der Waals surface area contributed by atoms with E-state index in [9.17, 15) is 8.42 Å². The molecule has 0 aliphatic carbocycles. The van der Waals surface area contributed by atoms with Crippen LogP contribution in [0.15, 0.2) is 52.7 Å². The second-order valence-corrected chi connectivity index (χ2v) is 7.43. The van der Waals surface area contributed by atoms with Crippen molar-refractivity contribution in [3.8, 4) is 16.3 Å². The van der Waals surface area contributed by atoms with Gasteiger partial charge in [-0.1, -0.05) is 6.07 Å². The number of benzene rings is 1. The minimum atomic E-state index is -3.68. The molecule has 0 radical (unpaired) electrons. The molecular formula is C15H15N3O3S2. The fourth-order valence-electron chi connectivity index (χ4n) is 2.06. The number of ether oxygens (including phenoxy) is 1. The van der Waals surface area contributed by atoms with Gasteiger partial charge in [0.15, 0.2) is 0 Å². The normalized spacial score (nSPS) is 11.4. The Hall–Kier alpha value is -2.32. The zero-order chi connectivity index (χ0) is 16.4. The molecule has 3 rings (SSSR count). The molecule has 0 bridgehead atoms. The maximum atomic E-state index is 12.5. The minimum absolute atomic E-state index is 0.164. The van der Waals surface area contributed by atoms with E-state index >= 15 is 0 Å². The minimum Gasteiger partial charge on any atom is -0.497 e. The molecule has 3 aromatic rings. The molecule has 1 N–H and O–H groups in total. The van der Waals surface area contributed by atoms with Crippen molar-refractivity contribution in [1.82, 2.24) is 9.78 Å². The predicted octanol–water partition coefficient (Wildman–Crippen LogP) is 2.96. The van der Waals surface area contributed by atoms with Gasteiger partial charge in [0.1, 0.15) is 17.3 Å². The smallest absolute Gasteiger partial charge is 0.263 e. The lowest BCUT2D eigenvalue weighted by Crippen LogP contribution is -2.15. The van der Waals surface area contributed by atoms with Crippen LogP contribution in [0, 0.1) is 0 Å². The van der Waals surface area contributed by atoms with E-state index in [4.69, 9.17) is 4.74 Å². The molecule has 0 fully saturated rings. The van der Waals surface area contributed by atoms with Gasteiger partial charge in [-0.25, -0.2) is 8.42 Å². The fraction of sp³-hybridized carbons (Fsp3) is 0.133. The molecule has 0 saturated heterocycles. The van der Waals surface area contributed by atoms with Crippen LogP contribution >= 0.6 is 11.3 Å². The number of anilines is 1. The van der Waals surface area contributed by atoms with Gasteiger partial charge in [0.2, 0.25) is 0 Å². The van der Waals surface area contributed by atoms with Crippen molar-refractivity contribution < 1.29 is 13.2 Å². The summed E-state index contributed by atoms with van der Waals surface area (Å²) in [5, 5.41) is 6.29. The maximum Gasteiger partial charge on any atom is 0.263 e. The number of sulfonamides is 1. The van der Waals surface area contributed by atoms with Crippen LogP contribution in [0.4, 0.5) is 5.82 Å². The molecule has 0 aliphatic heterocycles. The summed E-state index contributed by atoms with van der Waals surface area (Å²) < 4.78 is 34.0. The van der Waals surface area contributed by atoms with Gasteiger partial charge in [-0.05, 0) is 35.7 Å². The van der Waals surface area contributed by atoms with E-state index in [0.717, 1.165) is 10.6 Å². The van der Waals surface area contributed by atoms with Crippen LogP contribution in [0.5, 0.6) is 5.75 Å². The monoisotopic (exact) mass is 349 g/mol. The SMILES string of the molecule is COc1ccc(S(=O)(=O)Nc2cc(-c3cccs3)nn2C)cc1. The average molecular weight is 349 g/mol. The highest BCUT2D eigenvalue weighted by atomic mass is 32.2. The van der Waals surface area contributed by atoms with Crippen molar-refractivity contribution in [3.63, 3.8) is 0 Å². The number of methoxy groups -OCH3 is 1. The molecule has 23 heavy (non-hydrogen) atoms. The average Bonchev–Trinajstić information content (AvgIpc) is 3.18. The first-order valence-corrected chi connectivity index (χ1v) is 9.11. The van der Waals surface area contributed by atoms with Crippen molar-refractivity contribution >= 4 is 27.2 Å². The first-order valence-electron chi connectivity index (χ1n) is 6.74. The van der Waals surface area contributed by atoms with Crippen molar-refractivity contribution in [2.24, 2.45) is 7.05 Å². The first kappa shape index (κ1) is 15.6. The summed E-state index contributed by atoms with van der Waals surface area (Å²) in [6.45, 7) is 0. The van der Waals surface area contributed by atoms with Gasteiger partial charge >= 0.3 is 0 Å². The van der Waals surface area contributed by atoms with Crippen LogP contribution < -0.4 is 9.46 Å². The molecule has 0 unspecified atom stereocenters. The summed E-state index contributed by atoms with van der Waals surface area (Å²) in [5.41, 5.74) is 0.731. The molecule has 0 atom stereocenters. The van der Waals surface area contributed by atoms with Crippen molar-refractivity contribution in [2.45, 2.75) is 4.90 Å². The summed E-state index contributed by atoms with van der Waals surface area (Å²) >= 11 is 1.55. The van der Waals surface area contributed by atoms with E-state index in [0.29, 0.717) is 11.6 Å². The molecule has 0 aliphatic rings. The lowest BCUT2D eigenvalue weighted by Gasteiger charge is -2.08. The third-order valence-corrected chi connectivity index (χ3v) is 5.53. The number of rotatable bonds is 5. The Balaban J connectivity index is 1.88. The van der Waals surface area contributed by atoms with Crippen molar-refractivity contribution in [3.05, 3.63) is 47.8 Å². The summed E-state index contributed by atoms with van der Waals surface area (Å²) in [6.07, 6.45) is 0. The number of nitrogens with zero attached hydrogens (tertiary/aromatic N) is 2. The van der Waals surface area contributed by atoms with Gasteiger partial charge in [0.05, 0.1) is 16.9 Å². The Morgan fingerprint density at radius 3 is 2.57 bits per heavy atom. The molecule has 0 amide bonds. The summed E-state index contributed by atoms with van der Waals surface area (Å²) in [4.78, 5) is 1.15. The number of hydrogen-bond acceptors (Lipinski definition) is 5. The Bertz CT molecular complexity index is 898. The first-order chi connectivity index (χ1) is 11.0. The molecule has 120 valence electrons. The van der Waals surface area contributed by atoms with E-state index in [-0.39, 0.29) is 4.90 Å². The molecule has 0 spiro atoms. The Labute approximate surface area is 138 Å². The lowest BCUT2D eigenvalue weighted by atomic mass is 10.3. The van der Waals surface area contributed by atoms with Crippen LogP contribution in [0.3, 0.4) is 0 Å². The maximum absolute atomic E-state index is 12.5. The highest BCUT2D eigenvalue weighted by Crippen LogP contribution is 2.27. The van der Waals surface area contributed by atoms with Crippen molar-refractivity contribution in [1.29, 1.82) is 0 Å². The Morgan fingerprint density at radius 1 is 1.22 bits per heavy atom. The Morgan fingerprint density at radius 2 is 1.96 bits per heavy atom. The number of nitrogens with one attached hydrogen (secondary N) is 1. The number of aryl methyl sites for hydroxylation is 1. The molecule has 0 saturated carbocycles. The quantitative estimate of drug-likeness (QED) is 0.768. The molecule has 8 heteroatoms. The van der Waals surface area contributed by atoms with Gasteiger partial charge in [-0.3, -0.25) is 9.40 Å². The molecule has 2 heterocycles. The van der Waals surface area contributed by atoms with Gasteiger partial charge in [-0.15, -0.1) is 11.3 Å². The highest BCUT2D eigenvalue weighted by molar-refractivity contribution is 7.92. The third-order valence-electron chi connectivity index (χ3n) is 3.26. The fourth-order valence-corrected chi connectivity index (χ4v) is 3.82. The Kier molecular flexibility index (Phi) is 4.10. The summed E-state index contributed by atoms with van der Waals surface area (Å²) in [6, 6.07) is 11.8. The zero-order valence-corrected chi connectivity index (χ0v) is 14.2. The van der Waals surface area contributed by atoms with Crippen LogP contribution in [-0.2, 0) is 17.1 Å². The van der Waals surface area contributed by atoms with Gasteiger partial charge in [-0.2, -0.15) is 5.10 Å². The lowest BCUT2D eigenvalue weighted by molar-refractivity contribution is 0.414. The van der Waals surface area contributed by atoms with Crippen LogP contribution in [0.1, 0.15) is 0 Å². The summed E-state index contributed by atoms with van der Waals surface area (Å²) in [5.74, 6) is 1.01. The largest absolute Gasteiger partial charge is 0.497 e. The van der Waals surface area contributed by atoms with Crippen LogP contribution in [-0.4, -0.2) is 25.3 Å². The van der Waals surface area contributed by atoms with E-state index in [2.05, 4.69) is 9.82 Å². The number of thiophene rings is 1. The van der Waals surface area contributed by atoms with Gasteiger partial charge < -0.3 is 4.74 Å². The molecule has 6 nitrogen and oxygen atoms in total. The summed E-state index contributed by atoms with van der Waals surface area (Å²) in [7, 11) is -0.451. The van der Waals surface area contributed by atoms with E-state index in [1.54, 1.807) is 36.6 Å².